The monoisotopic (exact) mass is 386 g/mol. The van der Waals surface area contributed by atoms with Gasteiger partial charge in [0.05, 0.1) is 30.9 Å². The van der Waals surface area contributed by atoms with Gasteiger partial charge in [0.15, 0.2) is 0 Å². The minimum absolute atomic E-state index is 0.160. The maximum Gasteiger partial charge on any atom is 0.251 e. The lowest BCUT2D eigenvalue weighted by atomic mass is 10.0. The van der Waals surface area contributed by atoms with Gasteiger partial charge in [-0.15, -0.1) is 0 Å². The Bertz CT molecular complexity index is 1180. The second-order valence-electron chi connectivity index (χ2n) is 6.70. The number of H-pyrrole nitrogens is 1. The molecule has 0 saturated carbocycles. The van der Waals surface area contributed by atoms with Gasteiger partial charge in [-0.25, -0.2) is 9.97 Å². The molecule has 4 rings (SSSR count). The summed E-state index contributed by atoms with van der Waals surface area (Å²) < 4.78 is 7.88. The third-order valence-corrected chi connectivity index (χ3v) is 4.57. The highest BCUT2D eigenvalue weighted by Crippen LogP contribution is 2.36. The highest BCUT2D eigenvalue weighted by Gasteiger charge is 2.19. The summed E-state index contributed by atoms with van der Waals surface area (Å²) in [7, 11) is 0. The molecule has 0 unspecified atom stereocenters. The van der Waals surface area contributed by atoms with E-state index >= 15 is 0 Å². The number of aromatic amines is 1. The lowest BCUT2D eigenvalue weighted by Crippen LogP contribution is -2.14. The number of nitrogens with one attached hydrogen (secondary N) is 1. The topological polar surface area (TPSA) is 72.8 Å². The summed E-state index contributed by atoms with van der Waals surface area (Å²) >= 11 is 0. The van der Waals surface area contributed by atoms with Crippen LogP contribution < -0.4 is 10.3 Å². The Balaban J connectivity index is 1.89. The first-order valence-corrected chi connectivity index (χ1v) is 9.55. The van der Waals surface area contributed by atoms with Crippen LogP contribution in [0.15, 0.2) is 71.8 Å². The summed E-state index contributed by atoms with van der Waals surface area (Å²) in [6, 6.07) is 19.4. The van der Waals surface area contributed by atoms with Crippen LogP contribution in [0.25, 0.3) is 22.5 Å². The van der Waals surface area contributed by atoms with Crippen molar-refractivity contribution in [2.75, 3.05) is 6.61 Å². The number of para-hydroxylation sites is 1. The highest BCUT2D eigenvalue weighted by atomic mass is 16.5. The molecule has 4 aromatic rings. The van der Waals surface area contributed by atoms with E-state index in [1.165, 1.54) is 6.07 Å². The van der Waals surface area contributed by atoms with Gasteiger partial charge < -0.3 is 14.3 Å². The fourth-order valence-electron chi connectivity index (χ4n) is 3.41. The van der Waals surface area contributed by atoms with Crippen molar-refractivity contribution in [1.82, 2.24) is 19.5 Å². The molecule has 1 N–H and O–H groups in total. The Morgan fingerprint density at radius 1 is 1.07 bits per heavy atom. The van der Waals surface area contributed by atoms with Gasteiger partial charge in [-0.3, -0.25) is 4.79 Å². The van der Waals surface area contributed by atoms with Gasteiger partial charge in [0.1, 0.15) is 11.6 Å². The average molecular weight is 386 g/mol. The second kappa shape index (κ2) is 8.14. The van der Waals surface area contributed by atoms with Crippen molar-refractivity contribution in [3.8, 4) is 28.3 Å². The third-order valence-electron chi connectivity index (χ3n) is 4.57. The van der Waals surface area contributed by atoms with Crippen LogP contribution in [-0.2, 0) is 6.54 Å². The molecule has 0 aliphatic heterocycles. The SMILES string of the molecule is CCOc1ccccc1-c1c(-c2ccccc2)ncn1Cc1nc(C)cc(=O)[nH]1. The van der Waals surface area contributed by atoms with Crippen molar-refractivity contribution in [1.29, 1.82) is 0 Å². The highest BCUT2D eigenvalue weighted by molar-refractivity contribution is 5.81. The lowest BCUT2D eigenvalue weighted by molar-refractivity contribution is 0.341. The van der Waals surface area contributed by atoms with E-state index in [0.29, 0.717) is 24.7 Å². The standard InChI is InChI=1S/C23H22N4O2/c1-3-29-19-12-8-7-11-18(19)23-22(17-9-5-4-6-10-17)24-15-27(23)14-20-25-16(2)13-21(28)26-20/h4-13,15H,3,14H2,1-2H3,(H,25,26,28). The molecule has 0 atom stereocenters. The number of ether oxygens (including phenoxy) is 1. The van der Waals surface area contributed by atoms with Gasteiger partial charge >= 0.3 is 0 Å². The van der Waals surface area contributed by atoms with E-state index < -0.39 is 0 Å². The van der Waals surface area contributed by atoms with Crippen LogP contribution in [0, 0.1) is 6.92 Å². The Kier molecular flexibility index (Phi) is 5.24. The number of imidazole rings is 1. The van der Waals surface area contributed by atoms with Crippen LogP contribution in [0.4, 0.5) is 0 Å². The van der Waals surface area contributed by atoms with Crippen molar-refractivity contribution >= 4 is 0 Å². The van der Waals surface area contributed by atoms with Crippen molar-refractivity contribution in [2.45, 2.75) is 20.4 Å². The fraction of sp³-hybridized carbons (Fsp3) is 0.174. The molecular weight excluding hydrogens is 364 g/mol. The smallest absolute Gasteiger partial charge is 0.251 e. The molecule has 2 aromatic heterocycles. The number of hydrogen-bond acceptors (Lipinski definition) is 4. The minimum atomic E-state index is -0.160. The Morgan fingerprint density at radius 3 is 2.59 bits per heavy atom. The molecular formula is C23H22N4O2. The van der Waals surface area contributed by atoms with Gasteiger partial charge in [-0.05, 0) is 26.0 Å². The van der Waals surface area contributed by atoms with Gasteiger partial charge in [-0.2, -0.15) is 0 Å². The summed E-state index contributed by atoms with van der Waals surface area (Å²) in [5, 5.41) is 0. The summed E-state index contributed by atoms with van der Waals surface area (Å²) in [5.74, 6) is 1.38. The van der Waals surface area contributed by atoms with Crippen LogP contribution in [0.1, 0.15) is 18.4 Å². The first-order chi connectivity index (χ1) is 14.2. The number of aromatic nitrogens is 4. The number of rotatable bonds is 6. The zero-order valence-electron chi connectivity index (χ0n) is 16.4. The first kappa shape index (κ1) is 18.7. The molecule has 0 spiro atoms. The fourth-order valence-corrected chi connectivity index (χ4v) is 3.41. The van der Waals surface area contributed by atoms with Crippen molar-refractivity contribution < 1.29 is 4.74 Å². The van der Waals surface area contributed by atoms with Crippen LogP contribution in [-0.4, -0.2) is 26.1 Å². The maximum absolute atomic E-state index is 11.9. The van der Waals surface area contributed by atoms with Gasteiger partial charge in [0.2, 0.25) is 0 Å². The molecule has 0 radical (unpaired) electrons. The number of aryl methyl sites for hydroxylation is 1. The van der Waals surface area contributed by atoms with Crippen LogP contribution in [0.3, 0.4) is 0 Å². The maximum atomic E-state index is 11.9. The molecule has 6 heteroatoms. The molecule has 0 fully saturated rings. The van der Waals surface area contributed by atoms with E-state index in [1.807, 2.05) is 73.0 Å². The van der Waals surface area contributed by atoms with E-state index in [2.05, 4.69) is 9.97 Å². The molecule has 146 valence electrons. The zero-order chi connectivity index (χ0) is 20.2. The van der Waals surface area contributed by atoms with E-state index in [1.54, 1.807) is 6.33 Å². The van der Waals surface area contributed by atoms with E-state index in [-0.39, 0.29) is 5.56 Å². The molecule has 2 aromatic carbocycles. The van der Waals surface area contributed by atoms with Gasteiger partial charge in [0, 0.05) is 22.9 Å². The summed E-state index contributed by atoms with van der Waals surface area (Å²) in [6.45, 7) is 4.74. The summed E-state index contributed by atoms with van der Waals surface area (Å²) in [5.41, 5.74) is 4.26. The third kappa shape index (κ3) is 3.96. The number of benzene rings is 2. The Labute approximate surface area is 168 Å². The van der Waals surface area contributed by atoms with Gasteiger partial charge in [-0.1, -0.05) is 42.5 Å². The molecule has 29 heavy (non-hydrogen) atoms. The molecule has 0 amide bonds. The Morgan fingerprint density at radius 2 is 1.83 bits per heavy atom. The number of hydrogen-bond donors (Lipinski definition) is 1. The predicted octanol–water partition coefficient (Wildman–Crippen LogP) is 4.06. The molecule has 6 nitrogen and oxygen atoms in total. The van der Waals surface area contributed by atoms with E-state index in [0.717, 1.165) is 28.3 Å². The molecule has 2 heterocycles. The van der Waals surface area contributed by atoms with Crippen molar-refractivity contribution in [2.24, 2.45) is 0 Å². The average Bonchev–Trinajstić information content (AvgIpc) is 3.12. The Hall–Kier alpha value is -3.67. The predicted molar refractivity (Wildman–Crippen MR) is 113 cm³/mol. The number of nitrogens with zero attached hydrogens (tertiary/aromatic N) is 3. The van der Waals surface area contributed by atoms with Crippen LogP contribution in [0.2, 0.25) is 0 Å². The molecule has 0 aliphatic carbocycles. The minimum Gasteiger partial charge on any atom is -0.493 e. The first-order valence-electron chi connectivity index (χ1n) is 9.55. The largest absolute Gasteiger partial charge is 0.493 e. The van der Waals surface area contributed by atoms with Crippen LogP contribution in [0.5, 0.6) is 5.75 Å². The van der Waals surface area contributed by atoms with E-state index in [9.17, 15) is 4.79 Å². The normalized spacial score (nSPS) is 10.8. The van der Waals surface area contributed by atoms with Gasteiger partial charge in [0.25, 0.3) is 5.56 Å². The van der Waals surface area contributed by atoms with Crippen molar-refractivity contribution in [3.63, 3.8) is 0 Å². The lowest BCUT2D eigenvalue weighted by Gasteiger charge is -2.14. The molecule has 0 saturated heterocycles. The van der Waals surface area contributed by atoms with Crippen molar-refractivity contribution in [3.05, 3.63) is 88.9 Å². The molecule has 0 aliphatic rings. The van der Waals surface area contributed by atoms with Crippen LogP contribution >= 0.6 is 0 Å². The van der Waals surface area contributed by atoms with E-state index in [4.69, 9.17) is 9.72 Å². The quantitative estimate of drug-likeness (QED) is 0.542. The zero-order valence-corrected chi connectivity index (χ0v) is 16.4. The molecule has 0 bridgehead atoms. The summed E-state index contributed by atoms with van der Waals surface area (Å²) in [6.07, 6.45) is 1.78. The summed E-state index contributed by atoms with van der Waals surface area (Å²) in [4.78, 5) is 23.9. The second-order valence-corrected chi connectivity index (χ2v) is 6.70.